The zero-order valence-electron chi connectivity index (χ0n) is 9.91. The minimum Gasteiger partial charge on any atom is -0.463 e. The van der Waals surface area contributed by atoms with E-state index in [1.165, 1.54) is 0 Å². The Labute approximate surface area is 107 Å². The van der Waals surface area contributed by atoms with Gasteiger partial charge in [0.05, 0.1) is 13.2 Å². The van der Waals surface area contributed by atoms with Crippen LogP contribution in [-0.4, -0.2) is 46.9 Å². The van der Waals surface area contributed by atoms with Crippen molar-refractivity contribution in [3.63, 3.8) is 0 Å². The molecule has 0 saturated carbocycles. The van der Waals surface area contributed by atoms with Gasteiger partial charge in [0.15, 0.2) is 5.79 Å². The average molecular weight is 315 g/mol. The Bertz CT molecular complexity index is 294. The Balaban J connectivity index is 2.69. The molecule has 0 amide bonds. The Morgan fingerprint density at radius 2 is 2.35 bits per heavy atom. The summed E-state index contributed by atoms with van der Waals surface area (Å²) in [6.07, 6.45) is -2.64. The molecule has 0 bridgehead atoms. The molecule has 1 heterocycles. The van der Waals surface area contributed by atoms with E-state index in [4.69, 9.17) is 9.47 Å². The molecule has 1 aliphatic heterocycles. The van der Waals surface area contributed by atoms with Gasteiger partial charge >= 0.3 is 5.97 Å². The van der Waals surface area contributed by atoms with Crippen molar-refractivity contribution in [1.29, 1.82) is 0 Å². The van der Waals surface area contributed by atoms with Crippen molar-refractivity contribution in [2.75, 3.05) is 13.2 Å². The van der Waals surface area contributed by atoms with Crippen molar-refractivity contribution in [2.45, 2.75) is 43.3 Å². The number of aliphatic hydroxyl groups is 1. The van der Waals surface area contributed by atoms with Crippen LogP contribution in [0.1, 0.15) is 20.8 Å². The lowest BCUT2D eigenvalue weighted by molar-refractivity contribution is -0.173. The second kappa shape index (κ2) is 5.17. The fourth-order valence-corrected chi connectivity index (χ4v) is 1.86. The van der Waals surface area contributed by atoms with Crippen LogP contribution in [0.2, 0.25) is 0 Å². The standard InChI is InChI=1S/C10H16BrFO5/c1-4-15-8(14)10(11,12)7(13)6-5-16-9(2,3)17-6/h6-7,13H,4-5H2,1-3H3/t6-,7-,10-/m1/s1. The summed E-state index contributed by atoms with van der Waals surface area (Å²) in [4.78, 5) is 11.3. The molecule has 0 radical (unpaired) electrons. The van der Waals surface area contributed by atoms with Crippen molar-refractivity contribution in [2.24, 2.45) is 0 Å². The Kier molecular flexibility index (Phi) is 4.51. The molecule has 0 aromatic carbocycles. The second-order valence-electron chi connectivity index (χ2n) is 4.16. The summed E-state index contributed by atoms with van der Waals surface area (Å²) in [6.45, 7) is 4.85. The molecular formula is C10H16BrFO5. The minimum absolute atomic E-state index is 0.00480. The fourth-order valence-electron chi connectivity index (χ4n) is 1.45. The van der Waals surface area contributed by atoms with Gasteiger partial charge in [0.2, 0.25) is 0 Å². The first-order valence-corrected chi connectivity index (χ1v) is 6.05. The monoisotopic (exact) mass is 314 g/mol. The lowest BCUT2D eigenvalue weighted by Gasteiger charge is -2.26. The van der Waals surface area contributed by atoms with E-state index in [1.54, 1.807) is 20.8 Å². The molecule has 1 aliphatic rings. The molecule has 0 aromatic heterocycles. The highest BCUT2D eigenvalue weighted by Gasteiger charge is 2.52. The van der Waals surface area contributed by atoms with Crippen LogP contribution in [0.25, 0.3) is 0 Å². The van der Waals surface area contributed by atoms with E-state index in [9.17, 15) is 14.3 Å². The van der Waals surface area contributed by atoms with Crippen LogP contribution >= 0.6 is 15.9 Å². The molecule has 17 heavy (non-hydrogen) atoms. The molecule has 1 N–H and O–H groups in total. The maximum atomic E-state index is 14.0. The molecular weight excluding hydrogens is 299 g/mol. The molecule has 0 spiro atoms. The van der Waals surface area contributed by atoms with Gasteiger partial charge in [0.1, 0.15) is 12.2 Å². The van der Waals surface area contributed by atoms with E-state index in [2.05, 4.69) is 20.7 Å². The van der Waals surface area contributed by atoms with Gasteiger partial charge in [0.25, 0.3) is 4.58 Å². The van der Waals surface area contributed by atoms with E-state index in [0.717, 1.165) is 0 Å². The first-order chi connectivity index (χ1) is 7.70. The maximum Gasteiger partial charge on any atom is 0.358 e. The number of rotatable bonds is 4. The van der Waals surface area contributed by atoms with E-state index in [0.29, 0.717) is 0 Å². The van der Waals surface area contributed by atoms with Crippen LogP contribution in [0.3, 0.4) is 0 Å². The number of hydrogen-bond donors (Lipinski definition) is 1. The van der Waals surface area contributed by atoms with Gasteiger partial charge in [-0.25, -0.2) is 9.18 Å². The SMILES string of the molecule is CCOC(=O)[C@@](F)(Br)[C@H](O)[C@H]1COC(C)(C)O1. The van der Waals surface area contributed by atoms with Gasteiger partial charge in [-0.15, -0.1) is 0 Å². The summed E-state index contributed by atoms with van der Waals surface area (Å²) in [5.41, 5.74) is 0. The normalized spacial score (nSPS) is 28.5. The molecule has 1 saturated heterocycles. The first-order valence-electron chi connectivity index (χ1n) is 5.25. The van der Waals surface area contributed by atoms with Gasteiger partial charge in [-0.3, -0.25) is 0 Å². The van der Waals surface area contributed by atoms with E-state index < -0.39 is 28.5 Å². The lowest BCUT2D eigenvalue weighted by Crippen LogP contribution is -2.49. The molecule has 100 valence electrons. The third-order valence-electron chi connectivity index (χ3n) is 2.30. The summed E-state index contributed by atoms with van der Waals surface area (Å²) in [5, 5.41) is 9.78. The number of carbonyl (C=O) groups is 1. The second-order valence-corrected chi connectivity index (χ2v) is 5.31. The number of aliphatic hydroxyl groups excluding tert-OH is 1. The number of alkyl halides is 2. The minimum atomic E-state index is -2.70. The maximum absolute atomic E-state index is 14.0. The Morgan fingerprint density at radius 3 is 2.76 bits per heavy atom. The zero-order valence-corrected chi connectivity index (χ0v) is 11.5. The summed E-state index contributed by atoms with van der Waals surface area (Å²) >= 11 is 2.53. The summed E-state index contributed by atoms with van der Waals surface area (Å²) in [6, 6.07) is 0. The third kappa shape index (κ3) is 3.37. The molecule has 0 aliphatic carbocycles. The molecule has 1 fully saturated rings. The van der Waals surface area contributed by atoms with Gasteiger partial charge in [-0.1, -0.05) is 0 Å². The predicted octanol–water partition coefficient (Wildman–Crippen LogP) is 1.12. The zero-order chi connectivity index (χ0) is 13.3. The quantitative estimate of drug-likeness (QED) is 0.622. The van der Waals surface area contributed by atoms with Crippen LogP contribution < -0.4 is 0 Å². The highest BCUT2D eigenvalue weighted by molar-refractivity contribution is 9.10. The number of ether oxygens (including phenoxy) is 3. The number of esters is 1. The van der Waals surface area contributed by atoms with Crippen LogP contribution in [0, 0.1) is 0 Å². The number of carbonyl (C=O) groups excluding carboxylic acids is 1. The Hall–Kier alpha value is -0.240. The molecule has 7 heteroatoms. The third-order valence-corrected chi connectivity index (χ3v) is 3.09. The average Bonchev–Trinajstić information content (AvgIpc) is 2.58. The van der Waals surface area contributed by atoms with E-state index in [-0.39, 0.29) is 13.2 Å². The molecule has 0 unspecified atom stereocenters. The smallest absolute Gasteiger partial charge is 0.358 e. The molecule has 0 aromatic rings. The molecule has 1 rings (SSSR count). The van der Waals surface area contributed by atoms with Crippen LogP contribution in [0.5, 0.6) is 0 Å². The number of halogens is 2. The van der Waals surface area contributed by atoms with Crippen molar-refractivity contribution in [3.8, 4) is 0 Å². The van der Waals surface area contributed by atoms with Gasteiger partial charge in [0, 0.05) is 0 Å². The fraction of sp³-hybridized carbons (Fsp3) is 0.900. The van der Waals surface area contributed by atoms with Gasteiger partial charge in [-0.05, 0) is 36.7 Å². The first kappa shape index (κ1) is 14.8. The van der Waals surface area contributed by atoms with Gasteiger partial charge in [-0.2, -0.15) is 0 Å². The highest BCUT2D eigenvalue weighted by atomic mass is 79.9. The van der Waals surface area contributed by atoms with Crippen LogP contribution in [0.15, 0.2) is 0 Å². The van der Waals surface area contributed by atoms with Crippen LogP contribution in [-0.2, 0) is 19.0 Å². The summed E-state index contributed by atoms with van der Waals surface area (Å²) < 4.78 is 26.3. The predicted molar refractivity (Wildman–Crippen MR) is 60.3 cm³/mol. The van der Waals surface area contributed by atoms with Crippen molar-refractivity contribution in [3.05, 3.63) is 0 Å². The van der Waals surface area contributed by atoms with Crippen LogP contribution in [0.4, 0.5) is 4.39 Å². The van der Waals surface area contributed by atoms with Crippen molar-refractivity contribution >= 4 is 21.9 Å². The molecule has 3 atom stereocenters. The summed E-state index contributed by atoms with van der Waals surface area (Å²) in [5.74, 6) is -2.08. The lowest BCUT2D eigenvalue weighted by atomic mass is 10.1. The highest BCUT2D eigenvalue weighted by Crippen LogP contribution is 2.34. The number of hydrogen-bond acceptors (Lipinski definition) is 5. The summed E-state index contributed by atoms with van der Waals surface area (Å²) in [7, 11) is 0. The van der Waals surface area contributed by atoms with Gasteiger partial charge < -0.3 is 19.3 Å². The Morgan fingerprint density at radius 1 is 1.76 bits per heavy atom. The van der Waals surface area contributed by atoms with E-state index in [1.807, 2.05) is 0 Å². The molecule has 5 nitrogen and oxygen atoms in total. The van der Waals surface area contributed by atoms with E-state index >= 15 is 0 Å². The topological polar surface area (TPSA) is 65.0 Å². The largest absolute Gasteiger partial charge is 0.463 e. The van der Waals surface area contributed by atoms with Crippen molar-refractivity contribution in [1.82, 2.24) is 0 Å². The van der Waals surface area contributed by atoms with Crippen molar-refractivity contribution < 1.29 is 28.5 Å².